The first-order valence-corrected chi connectivity index (χ1v) is 3.42. The first kappa shape index (κ1) is 6.35. The maximum absolute atomic E-state index is 8.88. The minimum absolute atomic E-state index is 0.102. The van der Waals surface area contributed by atoms with Crippen LogP contribution < -0.4 is 5.32 Å². The molecule has 1 fully saturated rings. The molecule has 0 aromatic rings. The molecule has 1 rings (SSSR count). The van der Waals surface area contributed by atoms with Gasteiger partial charge in [-0.05, 0) is 6.92 Å². The lowest BCUT2D eigenvalue weighted by Crippen LogP contribution is -2.31. The summed E-state index contributed by atoms with van der Waals surface area (Å²) in [5.41, 5.74) is -0.583. The van der Waals surface area contributed by atoms with Gasteiger partial charge in [0.15, 0.2) is 5.56 Å². The zero-order chi connectivity index (χ0) is 6.15. The van der Waals surface area contributed by atoms with Crippen LogP contribution in [0.1, 0.15) is 6.92 Å². The SMILES string of the molecule is CC1SC(O)NC1O. The Labute approximate surface area is 52.1 Å². The molecule has 0 bridgehead atoms. The predicted octanol–water partition coefficient (Wildman–Crippen LogP) is -0.694. The summed E-state index contributed by atoms with van der Waals surface area (Å²) in [5.74, 6) is 0. The number of nitrogens with one attached hydrogen (secondary N) is 1. The molecule has 1 aliphatic heterocycles. The smallest absolute Gasteiger partial charge is 0.155 e. The summed E-state index contributed by atoms with van der Waals surface area (Å²) in [6.45, 7) is 1.86. The van der Waals surface area contributed by atoms with Crippen molar-refractivity contribution in [3.8, 4) is 0 Å². The monoisotopic (exact) mass is 135 g/mol. The number of aliphatic hydroxyl groups is 2. The Morgan fingerprint density at radius 1 is 1.50 bits per heavy atom. The molecule has 0 saturated carbocycles. The van der Waals surface area contributed by atoms with Gasteiger partial charge in [0.25, 0.3) is 0 Å². The highest BCUT2D eigenvalue weighted by Gasteiger charge is 2.27. The minimum Gasteiger partial charge on any atom is -0.377 e. The molecule has 0 aromatic heterocycles. The molecule has 4 heteroatoms. The Hall–Kier alpha value is 0.230. The summed E-state index contributed by atoms with van der Waals surface area (Å²) in [6, 6.07) is 0. The van der Waals surface area contributed by atoms with Crippen molar-refractivity contribution in [1.82, 2.24) is 5.32 Å². The second-order valence-corrected chi connectivity index (χ2v) is 3.27. The molecule has 8 heavy (non-hydrogen) atoms. The van der Waals surface area contributed by atoms with E-state index in [0.717, 1.165) is 0 Å². The van der Waals surface area contributed by atoms with Gasteiger partial charge in [0, 0.05) is 5.25 Å². The van der Waals surface area contributed by atoms with Crippen molar-refractivity contribution in [2.75, 3.05) is 0 Å². The molecule has 1 aliphatic rings. The predicted molar refractivity (Wildman–Crippen MR) is 32.2 cm³/mol. The lowest BCUT2D eigenvalue weighted by Gasteiger charge is -2.03. The van der Waals surface area contributed by atoms with Gasteiger partial charge in [0.2, 0.25) is 0 Å². The molecule has 0 spiro atoms. The molecule has 3 atom stereocenters. The van der Waals surface area contributed by atoms with Gasteiger partial charge < -0.3 is 10.2 Å². The minimum atomic E-state index is -0.583. The maximum atomic E-state index is 8.88. The normalized spacial score (nSPS) is 47.6. The number of thioether (sulfide) groups is 1. The van der Waals surface area contributed by atoms with Crippen LogP contribution in [0.25, 0.3) is 0 Å². The first-order valence-electron chi connectivity index (χ1n) is 2.48. The van der Waals surface area contributed by atoms with Gasteiger partial charge in [-0.3, -0.25) is 5.32 Å². The van der Waals surface area contributed by atoms with Gasteiger partial charge in [-0.15, -0.1) is 11.8 Å². The van der Waals surface area contributed by atoms with Crippen LogP contribution in [0.15, 0.2) is 0 Å². The quantitative estimate of drug-likeness (QED) is 0.411. The molecule has 0 radical (unpaired) electrons. The molecule has 48 valence electrons. The van der Waals surface area contributed by atoms with Crippen molar-refractivity contribution < 1.29 is 10.2 Å². The third-order valence-corrected chi connectivity index (χ3v) is 2.18. The van der Waals surface area contributed by atoms with Gasteiger partial charge >= 0.3 is 0 Å². The van der Waals surface area contributed by atoms with E-state index in [4.69, 9.17) is 10.2 Å². The summed E-state index contributed by atoms with van der Waals surface area (Å²) in [7, 11) is 0. The van der Waals surface area contributed by atoms with Crippen molar-refractivity contribution in [2.45, 2.75) is 24.0 Å². The van der Waals surface area contributed by atoms with Crippen molar-refractivity contribution in [2.24, 2.45) is 0 Å². The molecule has 0 amide bonds. The van der Waals surface area contributed by atoms with Crippen LogP contribution in [0.2, 0.25) is 0 Å². The number of aliphatic hydroxyl groups excluding tert-OH is 2. The van der Waals surface area contributed by atoms with Crippen LogP contribution in [0.4, 0.5) is 0 Å². The third-order valence-electron chi connectivity index (χ3n) is 1.10. The van der Waals surface area contributed by atoms with Crippen LogP contribution in [0.5, 0.6) is 0 Å². The van der Waals surface area contributed by atoms with Crippen molar-refractivity contribution >= 4 is 11.8 Å². The molecule has 1 heterocycles. The van der Waals surface area contributed by atoms with Crippen LogP contribution in [0.3, 0.4) is 0 Å². The Morgan fingerprint density at radius 3 is 2.25 bits per heavy atom. The van der Waals surface area contributed by atoms with E-state index in [1.807, 2.05) is 6.92 Å². The maximum Gasteiger partial charge on any atom is 0.155 e. The Balaban J connectivity index is 2.39. The van der Waals surface area contributed by atoms with E-state index in [1.165, 1.54) is 11.8 Å². The van der Waals surface area contributed by atoms with Crippen LogP contribution in [0, 0.1) is 0 Å². The average Bonchev–Trinajstić information content (AvgIpc) is 1.85. The fourth-order valence-corrected chi connectivity index (χ4v) is 1.45. The van der Waals surface area contributed by atoms with E-state index in [2.05, 4.69) is 5.32 Å². The van der Waals surface area contributed by atoms with Crippen LogP contribution in [-0.2, 0) is 0 Å². The van der Waals surface area contributed by atoms with Gasteiger partial charge in [-0.2, -0.15) is 0 Å². The highest BCUT2D eigenvalue weighted by molar-refractivity contribution is 8.00. The topological polar surface area (TPSA) is 52.5 Å². The second kappa shape index (κ2) is 2.23. The van der Waals surface area contributed by atoms with Gasteiger partial charge in [0.1, 0.15) is 6.23 Å². The van der Waals surface area contributed by atoms with Gasteiger partial charge in [-0.25, -0.2) is 0 Å². The molecule has 1 saturated heterocycles. The highest BCUT2D eigenvalue weighted by Crippen LogP contribution is 2.22. The molecule has 3 nitrogen and oxygen atoms in total. The summed E-state index contributed by atoms with van der Waals surface area (Å²) in [4.78, 5) is 0. The van der Waals surface area contributed by atoms with Gasteiger partial charge in [0.05, 0.1) is 0 Å². The number of hydrogen-bond donors (Lipinski definition) is 3. The standard InChI is InChI=1S/C4H9NO2S/c1-2-3(6)5-4(7)8-2/h2-7H,1H3. The molecule has 3 unspecified atom stereocenters. The lowest BCUT2D eigenvalue weighted by atomic mass is 10.4. The number of rotatable bonds is 0. The van der Waals surface area contributed by atoms with Crippen molar-refractivity contribution in [1.29, 1.82) is 0 Å². The van der Waals surface area contributed by atoms with Crippen LogP contribution in [-0.4, -0.2) is 27.3 Å². The zero-order valence-electron chi connectivity index (χ0n) is 4.53. The Morgan fingerprint density at radius 2 is 2.12 bits per heavy atom. The van der Waals surface area contributed by atoms with E-state index in [-0.39, 0.29) is 5.25 Å². The summed E-state index contributed by atoms with van der Waals surface area (Å²) in [6.07, 6.45) is -0.546. The molecule has 3 N–H and O–H groups in total. The zero-order valence-corrected chi connectivity index (χ0v) is 5.35. The Bertz CT molecular complexity index is 80.1. The van der Waals surface area contributed by atoms with Crippen molar-refractivity contribution in [3.63, 3.8) is 0 Å². The summed E-state index contributed by atoms with van der Waals surface area (Å²) in [5, 5.41) is 20.3. The van der Waals surface area contributed by atoms with E-state index >= 15 is 0 Å². The molecular formula is C4H9NO2S. The fourth-order valence-electron chi connectivity index (χ4n) is 0.599. The summed E-state index contributed by atoms with van der Waals surface area (Å²) < 4.78 is 0. The van der Waals surface area contributed by atoms with E-state index in [9.17, 15) is 0 Å². The second-order valence-electron chi connectivity index (χ2n) is 1.81. The lowest BCUT2D eigenvalue weighted by molar-refractivity contribution is 0.102. The van der Waals surface area contributed by atoms with E-state index in [1.54, 1.807) is 0 Å². The fraction of sp³-hybridized carbons (Fsp3) is 1.00. The first-order chi connectivity index (χ1) is 3.70. The number of hydrogen-bond acceptors (Lipinski definition) is 4. The Kier molecular flexibility index (Phi) is 1.77. The largest absolute Gasteiger partial charge is 0.377 e. The van der Waals surface area contributed by atoms with Crippen molar-refractivity contribution in [3.05, 3.63) is 0 Å². The van der Waals surface area contributed by atoms with Gasteiger partial charge in [-0.1, -0.05) is 0 Å². The van der Waals surface area contributed by atoms with E-state index in [0.29, 0.717) is 0 Å². The van der Waals surface area contributed by atoms with E-state index < -0.39 is 11.8 Å². The highest BCUT2D eigenvalue weighted by atomic mass is 32.2. The molecular weight excluding hydrogens is 126 g/mol. The molecule has 0 aliphatic carbocycles. The molecule has 0 aromatic carbocycles. The average molecular weight is 135 g/mol. The van der Waals surface area contributed by atoms with Crippen LogP contribution >= 0.6 is 11.8 Å². The third kappa shape index (κ3) is 1.14. The summed E-state index contributed by atoms with van der Waals surface area (Å²) >= 11 is 1.32.